The van der Waals surface area contributed by atoms with E-state index in [9.17, 15) is 0 Å². The summed E-state index contributed by atoms with van der Waals surface area (Å²) in [4.78, 5) is 4.42. The fourth-order valence-corrected chi connectivity index (χ4v) is 2.29. The maximum atomic E-state index is 4.42. The highest BCUT2D eigenvalue weighted by atomic mass is 14.7. The SMILES string of the molecule is C=C1CC(C)CCC1c1ccccn1. The maximum Gasteiger partial charge on any atom is 0.0474 e. The normalized spacial score (nSPS) is 27.6. The minimum Gasteiger partial charge on any atom is -0.261 e. The highest BCUT2D eigenvalue weighted by Gasteiger charge is 2.23. The van der Waals surface area contributed by atoms with Gasteiger partial charge in [-0.15, -0.1) is 0 Å². The molecular formula is C13H17N. The Morgan fingerprint density at radius 1 is 1.36 bits per heavy atom. The molecule has 0 spiro atoms. The molecule has 1 aromatic rings. The van der Waals surface area contributed by atoms with E-state index in [1.54, 1.807) is 0 Å². The van der Waals surface area contributed by atoms with Crippen molar-refractivity contribution in [3.05, 3.63) is 42.2 Å². The summed E-state index contributed by atoms with van der Waals surface area (Å²) in [7, 11) is 0. The topological polar surface area (TPSA) is 12.9 Å². The molecule has 0 aliphatic heterocycles. The zero-order valence-electron chi connectivity index (χ0n) is 8.74. The van der Waals surface area contributed by atoms with Gasteiger partial charge >= 0.3 is 0 Å². The Kier molecular flexibility index (Phi) is 2.67. The minimum atomic E-state index is 0.507. The molecule has 1 fully saturated rings. The van der Waals surface area contributed by atoms with Gasteiger partial charge in [0.2, 0.25) is 0 Å². The highest BCUT2D eigenvalue weighted by Crippen LogP contribution is 2.37. The van der Waals surface area contributed by atoms with Crippen molar-refractivity contribution in [2.24, 2.45) is 5.92 Å². The van der Waals surface area contributed by atoms with Gasteiger partial charge < -0.3 is 0 Å². The summed E-state index contributed by atoms with van der Waals surface area (Å²) in [6.45, 7) is 6.49. The van der Waals surface area contributed by atoms with E-state index in [0.29, 0.717) is 5.92 Å². The second-order valence-corrected chi connectivity index (χ2v) is 4.35. The Morgan fingerprint density at radius 2 is 2.21 bits per heavy atom. The van der Waals surface area contributed by atoms with Crippen LogP contribution in [0.1, 0.15) is 37.8 Å². The molecule has 2 atom stereocenters. The molecule has 0 radical (unpaired) electrons. The number of allylic oxidation sites excluding steroid dienone is 1. The van der Waals surface area contributed by atoms with Crippen LogP contribution in [-0.2, 0) is 0 Å². The van der Waals surface area contributed by atoms with Crippen molar-refractivity contribution in [1.82, 2.24) is 4.98 Å². The molecule has 1 aliphatic carbocycles. The van der Waals surface area contributed by atoms with Crippen LogP contribution in [0.2, 0.25) is 0 Å². The van der Waals surface area contributed by atoms with Gasteiger partial charge in [0.25, 0.3) is 0 Å². The van der Waals surface area contributed by atoms with Crippen LogP contribution in [-0.4, -0.2) is 4.98 Å². The third kappa shape index (κ3) is 1.87. The van der Waals surface area contributed by atoms with Gasteiger partial charge in [0.15, 0.2) is 0 Å². The van der Waals surface area contributed by atoms with Crippen LogP contribution in [0.25, 0.3) is 0 Å². The lowest BCUT2D eigenvalue weighted by Gasteiger charge is -2.28. The molecule has 2 rings (SSSR count). The molecular weight excluding hydrogens is 170 g/mol. The van der Waals surface area contributed by atoms with Gasteiger partial charge in [-0.1, -0.05) is 25.1 Å². The second kappa shape index (κ2) is 3.95. The predicted molar refractivity (Wildman–Crippen MR) is 59.1 cm³/mol. The molecule has 14 heavy (non-hydrogen) atoms. The molecule has 1 nitrogen and oxygen atoms in total. The van der Waals surface area contributed by atoms with Gasteiger partial charge in [0, 0.05) is 17.8 Å². The van der Waals surface area contributed by atoms with E-state index in [2.05, 4.69) is 30.6 Å². The van der Waals surface area contributed by atoms with Crippen molar-refractivity contribution >= 4 is 0 Å². The fourth-order valence-electron chi connectivity index (χ4n) is 2.29. The van der Waals surface area contributed by atoms with Gasteiger partial charge in [0.05, 0.1) is 0 Å². The standard InChI is InChI=1S/C13H17N/c1-10-6-7-12(11(2)9-10)13-5-3-4-8-14-13/h3-5,8,10,12H,2,6-7,9H2,1H3. The van der Waals surface area contributed by atoms with E-state index in [-0.39, 0.29) is 0 Å². The number of nitrogens with zero attached hydrogens (tertiary/aromatic N) is 1. The Balaban J connectivity index is 2.16. The van der Waals surface area contributed by atoms with Gasteiger partial charge in [-0.05, 0) is 37.3 Å². The van der Waals surface area contributed by atoms with Gasteiger partial charge in [-0.2, -0.15) is 0 Å². The quantitative estimate of drug-likeness (QED) is 0.613. The number of rotatable bonds is 1. The highest BCUT2D eigenvalue weighted by molar-refractivity contribution is 5.23. The van der Waals surface area contributed by atoms with Crippen molar-refractivity contribution in [3.63, 3.8) is 0 Å². The molecule has 0 saturated heterocycles. The second-order valence-electron chi connectivity index (χ2n) is 4.35. The fraction of sp³-hybridized carbons (Fsp3) is 0.462. The van der Waals surface area contributed by atoms with Gasteiger partial charge in [-0.25, -0.2) is 0 Å². The Bertz CT molecular complexity index is 315. The van der Waals surface area contributed by atoms with Crippen molar-refractivity contribution < 1.29 is 0 Å². The lowest BCUT2D eigenvalue weighted by atomic mass is 9.78. The molecule has 2 unspecified atom stereocenters. The Hall–Kier alpha value is -1.11. The van der Waals surface area contributed by atoms with Crippen LogP contribution in [0.5, 0.6) is 0 Å². The number of hydrogen-bond donors (Lipinski definition) is 0. The van der Waals surface area contributed by atoms with E-state index in [1.807, 2.05) is 12.3 Å². The lowest BCUT2D eigenvalue weighted by molar-refractivity contribution is 0.419. The molecule has 74 valence electrons. The van der Waals surface area contributed by atoms with Crippen molar-refractivity contribution in [3.8, 4) is 0 Å². The first-order valence-electron chi connectivity index (χ1n) is 5.36. The van der Waals surface area contributed by atoms with Crippen molar-refractivity contribution in [1.29, 1.82) is 0 Å². The third-order valence-corrected chi connectivity index (χ3v) is 3.10. The minimum absolute atomic E-state index is 0.507. The third-order valence-electron chi connectivity index (χ3n) is 3.10. The van der Waals surface area contributed by atoms with Gasteiger partial charge in [-0.3, -0.25) is 4.98 Å². The number of hydrogen-bond acceptors (Lipinski definition) is 1. The lowest BCUT2D eigenvalue weighted by Crippen LogP contribution is -2.14. The molecule has 1 heterocycles. The molecule has 0 N–H and O–H groups in total. The zero-order valence-corrected chi connectivity index (χ0v) is 8.74. The van der Waals surface area contributed by atoms with Crippen molar-refractivity contribution in [2.75, 3.05) is 0 Å². The first-order chi connectivity index (χ1) is 6.77. The van der Waals surface area contributed by atoms with E-state index in [0.717, 1.165) is 5.92 Å². The van der Waals surface area contributed by atoms with Crippen LogP contribution in [0.3, 0.4) is 0 Å². The van der Waals surface area contributed by atoms with Gasteiger partial charge in [0.1, 0.15) is 0 Å². The molecule has 0 amide bonds. The summed E-state index contributed by atoms with van der Waals surface area (Å²) in [5.41, 5.74) is 2.56. The first kappa shape index (κ1) is 9.45. The van der Waals surface area contributed by atoms with Crippen molar-refractivity contribution in [2.45, 2.75) is 32.1 Å². The molecule has 1 heteroatoms. The van der Waals surface area contributed by atoms with Crippen LogP contribution in [0, 0.1) is 5.92 Å². The van der Waals surface area contributed by atoms with Crippen LogP contribution in [0.4, 0.5) is 0 Å². The Morgan fingerprint density at radius 3 is 2.86 bits per heavy atom. The molecule has 1 aliphatic rings. The maximum absolute atomic E-state index is 4.42. The summed E-state index contributed by atoms with van der Waals surface area (Å²) < 4.78 is 0. The largest absolute Gasteiger partial charge is 0.261 e. The number of aromatic nitrogens is 1. The monoisotopic (exact) mass is 187 g/mol. The Labute approximate surface area is 85.9 Å². The average molecular weight is 187 g/mol. The summed E-state index contributed by atoms with van der Waals surface area (Å²) in [6, 6.07) is 6.15. The molecule has 1 saturated carbocycles. The number of pyridine rings is 1. The zero-order chi connectivity index (χ0) is 9.97. The average Bonchev–Trinajstić information content (AvgIpc) is 2.19. The smallest absolute Gasteiger partial charge is 0.0474 e. The molecule has 0 bridgehead atoms. The summed E-state index contributed by atoms with van der Waals surface area (Å²) in [5, 5.41) is 0. The molecule has 1 aromatic heterocycles. The van der Waals surface area contributed by atoms with Crippen LogP contribution in [0.15, 0.2) is 36.5 Å². The van der Waals surface area contributed by atoms with Crippen LogP contribution >= 0.6 is 0 Å². The summed E-state index contributed by atoms with van der Waals surface area (Å²) >= 11 is 0. The van der Waals surface area contributed by atoms with E-state index >= 15 is 0 Å². The van der Waals surface area contributed by atoms with E-state index < -0.39 is 0 Å². The van der Waals surface area contributed by atoms with E-state index in [1.165, 1.54) is 30.5 Å². The first-order valence-corrected chi connectivity index (χ1v) is 5.36. The summed E-state index contributed by atoms with van der Waals surface area (Å²) in [5.74, 6) is 1.31. The summed E-state index contributed by atoms with van der Waals surface area (Å²) in [6.07, 6.45) is 5.57. The van der Waals surface area contributed by atoms with E-state index in [4.69, 9.17) is 0 Å². The predicted octanol–water partition coefficient (Wildman–Crippen LogP) is 3.54. The van der Waals surface area contributed by atoms with Crippen LogP contribution < -0.4 is 0 Å². The molecule has 0 aromatic carbocycles.